The number of fused-ring (bicyclic) bond motifs is 2. The first kappa shape index (κ1) is 20.5. The van der Waals surface area contributed by atoms with Crippen LogP contribution in [0.25, 0.3) is 0 Å². The Morgan fingerprint density at radius 2 is 1.81 bits per heavy atom. The molecule has 2 aliphatic rings. The number of nitrogens with two attached hydrogens (primary N) is 1. The van der Waals surface area contributed by atoms with Gasteiger partial charge in [0.25, 0.3) is 17.7 Å². The van der Waals surface area contributed by atoms with Crippen LogP contribution in [0, 0.1) is 0 Å². The third-order valence-corrected chi connectivity index (χ3v) is 6.30. The van der Waals surface area contributed by atoms with E-state index in [1.54, 1.807) is 12.1 Å². The van der Waals surface area contributed by atoms with Crippen molar-refractivity contribution in [1.29, 1.82) is 0 Å². The number of hydrogen-bond acceptors (Lipinski definition) is 7. The summed E-state index contributed by atoms with van der Waals surface area (Å²) in [7, 11) is 1.28. The molecule has 2 aromatic rings. The molecule has 0 atom stereocenters. The van der Waals surface area contributed by atoms with E-state index in [0.717, 1.165) is 16.2 Å². The van der Waals surface area contributed by atoms with Crippen molar-refractivity contribution in [3.05, 3.63) is 51.4 Å². The smallest absolute Gasteiger partial charge is 0.409 e. The summed E-state index contributed by atoms with van der Waals surface area (Å²) >= 11 is 1.13. The Morgan fingerprint density at radius 1 is 1.16 bits per heavy atom. The van der Waals surface area contributed by atoms with Crippen LogP contribution >= 0.6 is 11.3 Å². The highest BCUT2D eigenvalue weighted by atomic mass is 32.1. The van der Waals surface area contributed by atoms with E-state index in [1.807, 2.05) is 0 Å². The van der Waals surface area contributed by atoms with Crippen molar-refractivity contribution in [1.82, 2.24) is 9.80 Å². The van der Waals surface area contributed by atoms with Gasteiger partial charge < -0.3 is 20.7 Å². The number of nitrogens with zero attached hydrogens (tertiary/aromatic N) is 2. The lowest BCUT2D eigenvalue weighted by Crippen LogP contribution is -2.37. The largest absolute Gasteiger partial charge is 0.453 e. The maximum absolute atomic E-state index is 12.6. The number of primary amides is 1. The summed E-state index contributed by atoms with van der Waals surface area (Å²) in [5, 5.41) is 2.83. The lowest BCUT2D eigenvalue weighted by atomic mass is 10.0. The highest BCUT2D eigenvalue weighted by Gasteiger charge is 2.37. The molecule has 11 heteroatoms. The van der Waals surface area contributed by atoms with E-state index in [9.17, 15) is 24.0 Å². The molecular weight excluding hydrogens is 424 g/mol. The number of anilines is 1. The van der Waals surface area contributed by atoms with E-state index in [4.69, 9.17) is 10.5 Å². The van der Waals surface area contributed by atoms with Crippen LogP contribution in [-0.4, -0.2) is 59.7 Å². The standard InChI is InChI=1S/C20H18N4O6S/c1-30-20(29)23-7-6-12-13(8-23)31-17(15(12)16(21)26)22-14(25)9-24-18(27)10-4-2-3-5-11(10)19(24)28/h2-5H,6-9H2,1H3,(H2,21,26)(H,22,25). The van der Waals surface area contributed by atoms with Gasteiger partial charge in [-0.15, -0.1) is 11.3 Å². The van der Waals surface area contributed by atoms with Gasteiger partial charge in [-0.05, 0) is 24.1 Å². The highest BCUT2D eigenvalue weighted by Crippen LogP contribution is 2.37. The third kappa shape index (κ3) is 3.52. The average Bonchev–Trinajstić information content (AvgIpc) is 3.23. The second-order valence-electron chi connectivity index (χ2n) is 7.00. The number of rotatable bonds is 4. The predicted octanol–water partition coefficient (Wildman–Crippen LogP) is 1.21. The summed E-state index contributed by atoms with van der Waals surface area (Å²) in [5.41, 5.74) is 6.88. The topological polar surface area (TPSA) is 139 Å². The SMILES string of the molecule is COC(=O)N1CCc2c(sc(NC(=O)CN3C(=O)c4ccccc4C3=O)c2C(N)=O)C1. The van der Waals surface area contributed by atoms with Gasteiger partial charge in [0, 0.05) is 11.4 Å². The normalized spacial score (nSPS) is 14.9. The molecule has 0 saturated heterocycles. The van der Waals surface area contributed by atoms with Crippen molar-refractivity contribution in [3.63, 3.8) is 0 Å². The number of amides is 5. The first-order chi connectivity index (χ1) is 14.8. The van der Waals surface area contributed by atoms with Crippen LogP contribution in [0.4, 0.5) is 9.80 Å². The number of hydrogen-bond donors (Lipinski definition) is 2. The molecule has 160 valence electrons. The van der Waals surface area contributed by atoms with Gasteiger partial charge in [0.1, 0.15) is 11.5 Å². The monoisotopic (exact) mass is 442 g/mol. The van der Waals surface area contributed by atoms with Gasteiger partial charge in [-0.1, -0.05) is 12.1 Å². The molecular formula is C20H18N4O6S. The summed E-state index contributed by atoms with van der Waals surface area (Å²) in [6, 6.07) is 6.33. The van der Waals surface area contributed by atoms with Gasteiger partial charge >= 0.3 is 6.09 Å². The Hall–Kier alpha value is -3.73. The van der Waals surface area contributed by atoms with E-state index < -0.39 is 36.3 Å². The zero-order chi connectivity index (χ0) is 22.3. The van der Waals surface area contributed by atoms with Crippen LogP contribution in [0.3, 0.4) is 0 Å². The van der Waals surface area contributed by atoms with Crippen molar-refractivity contribution in [2.75, 3.05) is 25.5 Å². The summed E-state index contributed by atoms with van der Waals surface area (Å²) in [4.78, 5) is 64.5. The van der Waals surface area contributed by atoms with E-state index in [-0.39, 0.29) is 28.2 Å². The Morgan fingerprint density at radius 3 is 2.39 bits per heavy atom. The molecule has 1 aromatic heterocycles. The second-order valence-corrected chi connectivity index (χ2v) is 8.11. The molecule has 0 spiro atoms. The molecule has 0 radical (unpaired) electrons. The highest BCUT2D eigenvalue weighted by molar-refractivity contribution is 7.17. The van der Waals surface area contributed by atoms with Gasteiger partial charge in [-0.3, -0.25) is 24.1 Å². The summed E-state index contributed by atoms with van der Waals surface area (Å²) < 4.78 is 4.74. The zero-order valence-electron chi connectivity index (χ0n) is 16.5. The first-order valence-corrected chi connectivity index (χ1v) is 10.2. The molecule has 0 fully saturated rings. The first-order valence-electron chi connectivity index (χ1n) is 9.34. The molecule has 5 amide bonds. The van der Waals surface area contributed by atoms with E-state index in [0.29, 0.717) is 23.4 Å². The van der Waals surface area contributed by atoms with Crippen LogP contribution in [0.5, 0.6) is 0 Å². The fourth-order valence-electron chi connectivity index (χ4n) is 3.73. The molecule has 0 bridgehead atoms. The number of imide groups is 1. The minimum absolute atomic E-state index is 0.181. The molecule has 0 aliphatic carbocycles. The average molecular weight is 442 g/mol. The molecule has 10 nitrogen and oxygen atoms in total. The molecule has 3 N–H and O–H groups in total. The quantitative estimate of drug-likeness (QED) is 0.682. The number of thiophene rings is 1. The van der Waals surface area contributed by atoms with Gasteiger partial charge in [0.2, 0.25) is 5.91 Å². The Balaban J connectivity index is 1.54. The Labute approximate surface area is 180 Å². The summed E-state index contributed by atoms with van der Waals surface area (Å²) in [6.45, 7) is 0.0712. The van der Waals surface area contributed by atoms with Gasteiger partial charge in [0.05, 0.1) is 30.3 Å². The van der Waals surface area contributed by atoms with Crippen molar-refractivity contribution >= 4 is 46.1 Å². The lowest BCUT2D eigenvalue weighted by molar-refractivity contribution is -0.116. The minimum atomic E-state index is -0.708. The fraction of sp³-hybridized carbons (Fsp3) is 0.250. The fourth-order valence-corrected chi connectivity index (χ4v) is 5.01. The van der Waals surface area contributed by atoms with Crippen LogP contribution < -0.4 is 11.1 Å². The molecule has 0 unspecified atom stereocenters. The minimum Gasteiger partial charge on any atom is -0.453 e. The molecule has 4 rings (SSSR count). The summed E-state index contributed by atoms with van der Waals surface area (Å²) in [5.74, 6) is -2.45. The van der Waals surface area contributed by atoms with Gasteiger partial charge in [-0.25, -0.2) is 4.79 Å². The van der Waals surface area contributed by atoms with E-state index in [2.05, 4.69) is 5.32 Å². The Kier molecular flexibility index (Phi) is 5.19. The number of carbonyl (C=O) groups is 5. The van der Waals surface area contributed by atoms with Gasteiger partial charge in [-0.2, -0.15) is 0 Å². The van der Waals surface area contributed by atoms with Crippen molar-refractivity contribution in [2.45, 2.75) is 13.0 Å². The molecule has 3 heterocycles. The third-order valence-electron chi connectivity index (χ3n) is 5.17. The predicted molar refractivity (Wildman–Crippen MR) is 110 cm³/mol. The maximum Gasteiger partial charge on any atom is 0.409 e. The van der Waals surface area contributed by atoms with E-state index >= 15 is 0 Å². The van der Waals surface area contributed by atoms with Crippen molar-refractivity contribution in [2.24, 2.45) is 5.73 Å². The number of nitrogens with one attached hydrogen (secondary N) is 1. The zero-order valence-corrected chi connectivity index (χ0v) is 17.3. The van der Waals surface area contributed by atoms with E-state index in [1.165, 1.54) is 24.1 Å². The second kappa shape index (κ2) is 7.84. The maximum atomic E-state index is 12.6. The lowest BCUT2D eigenvalue weighted by Gasteiger charge is -2.25. The van der Waals surface area contributed by atoms with Crippen molar-refractivity contribution in [3.8, 4) is 0 Å². The van der Waals surface area contributed by atoms with Gasteiger partial charge in [0.15, 0.2) is 0 Å². The number of methoxy groups -OCH3 is 1. The number of carbonyl (C=O) groups excluding carboxylic acids is 5. The number of benzene rings is 1. The molecule has 2 aliphatic heterocycles. The number of ether oxygens (including phenoxy) is 1. The molecule has 31 heavy (non-hydrogen) atoms. The van der Waals surface area contributed by atoms with Crippen LogP contribution in [0.15, 0.2) is 24.3 Å². The Bertz CT molecular complexity index is 1110. The van der Waals surface area contributed by atoms with Crippen molar-refractivity contribution < 1.29 is 28.7 Å². The molecule has 0 saturated carbocycles. The molecule has 1 aromatic carbocycles. The van der Waals surface area contributed by atoms with Crippen LogP contribution in [-0.2, 0) is 22.5 Å². The van der Waals surface area contributed by atoms with Crippen LogP contribution in [0.2, 0.25) is 0 Å². The summed E-state index contributed by atoms with van der Waals surface area (Å²) in [6.07, 6.45) is -0.107. The van der Waals surface area contributed by atoms with Crippen LogP contribution in [0.1, 0.15) is 41.5 Å².